The van der Waals surface area contributed by atoms with Gasteiger partial charge in [-0.15, -0.1) is 16.4 Å². The summed E-state index contributed by atoms with van der Waals surface area (Å²) in [5, 5.41) is 9.88. The van der Waals surface area contributed by atoms with Crippen molar-refractivity contribution in [3.8, 4) is 10.7 Å². The van der Waals surface area contributed by atoms with Gasteiger partial charge in [-0.05, 0) is 18.6 Å². The number of thiazole rings is 1. The summed E-state index contributed by atoms with van der Waals surface area (Å²) in [5.41, 5.74) is 0.873. The van der Waals surface area contributed by atoms with Crippen LogP contribution in [-0.4, -0.2) is 21.6 Å². The van der Waals surface area contributed by atoms with E-state index in [1.165, 1.54) is 16.4 Å². The van der Waals surface area contributed by atoms with Crippen LogP contribution < -0.4 is 5.32 Å². The summed E-state index contributed by atoms with van der Waals surface area (Å²) < 4.78 is 3.80. The molecule has 2 rings (SSSR count). The number of nitrogens with one attached hydrogen (secondary N) is 1. The quantitative estimate of drug-likeness (QED) is 0.835. The molecule has 1 N–H and O–H groups in total. The Kier molecular flexibility index (Phi) is 2.62. The van der Waals surface area contributed by atoms with Crippen LogP contribution in [0.25, 0.3) is 10.7 Å². The van der Waals surface area contributed by atoms with E-state index in [1.54, 1.807) is 11.3 Å². The number of rotatable bonds is 3. The Labute approximate surface area is 83.8 Å². The normalized spacial score (nSPS) is 10.5. The first-order valence-electron chi connectivity index (χ1n) is 3.77. The number of hydrogen-bond donors (Lipinski definition) is 1. The van der Waals surface area contributed by atoms with E-state index < -0.39 is 0 Å². The number of aromatic nitrogens is 3. The molecule has 0 aliphatic heterocycles. The summed E-state index contributed by atoms with van der Waals surface area (Å²) in [6.07, 6.45) is 1.87. The van der Waals surface area contributed by atoms with Gasteiger partial charge >= 0.3 is 0 Å². The predicted molar refractivity (Wildman–Crippen MR) is 53.8 cm³/mol. The number of nitrogens with zero attached hydrogens (tertiary/aromatic N) is 3. The van der Waals surface area contributed by atoms with Crippen molar-refractivity contribution >= 4 is 22.9 Å². The molecule has 0 aliphatic rings. The Morgan fingerprint density at radius 1 is 1.54 bits per heavy atom. The van der Waals surface area contributed by atoms with Gasteiger partial charge in [0.05, 0.1) is 0 Å². The summed E-state index contributed by atoms with van der Waals surface area (Å²) in [4.78, 5) is 5.47. The molecule has 6 heteroatoms. The number of hydrogen-bond acceptors (Lipinski definition) is 6. The average molecular weight is 212 g/mol. The van der Waals surface area contributed by atoms with Gasteiger partial charge in [-0.2, -0.15) is 0 Å². The third-order valence-corrected chi connectivity index (χ3v) is 3.01. The molecule has 0 spiro atoms. The van der Waals surface area contributed by atoms with Crippen LogP contribution in [0.2, 0.25) is 0 Å². The summed E-state index contributed by atoms with van der Waals surface area (Å²) in [6, 6.07) is 0. The van der Waals surface area contributed by atoms with E-state index in [1.807, 2.05) is 18.6 Å². The van der Waals surface area contributed by atoms with Crippen molar-refractivity contribution in [3.05, 3.63) is 16.5 Å². The second-order valence-corrected chi connectivity index (χ2v) is 4.18. The van der Waals surface area contributed by atoms with Crippen LogP contribution in [0.5, 0.6) is 0 Å². The van der Waals surface area contributed by atoms with Crippen molar-refractivity contribution in [2.75, 3.05) is 7.05 Å². The van der Waals surface area contributed by atoms with E-state index in [9.17, 15) is 0 Å². The highest BCUT2D eigenvalue weighted by Crippen LogP contribution is 2.23. The molecule has 2 aromatic rings. The van der Waals surface area contributed by atoms with Gasteiger partial charge in [-0.3, -0.25) is 0 Å². The molecule has 0 aliphatic carbocycles. The van der Waals surface area contributed by atoms with Crippen LogP contribution in [0.15, 0.2) is 11.6 Å². The van der Waals surface area contributed by atoms with Gasteiger partial charge in [-0.25, -0.2) is 4.98 Å². The molecule has 0 saturated heterocycles. The zero-order valence-corrected chi connectivity index (χ0v) is 8.65. The monoisotopic (exact) mass is 212 g/mol. The molecule has 13 heavy (non-hydrogen) atoms. The second kappa shape index (κ2) is 3.91. The van der Waals surface area contributed by atoms with Crippen molar-refractivity contribution in [2.24, 2.45) is 0 Å². The van der Waals surface area contributed by atoms with Crippen molar-refractivity contribution in [2.45, 2.75) is 6.54 Å². The van der Waals surface area contributed by atoms with E-state index in [0.29, 0.717) is 0 Å². The van der Waals surface area contributed by atoms with E-state index >= 15 is 0 Å². The van der Waals surface area contributed by atoms with Gasteiger partial charge in [-0.1, -0.05) is 4.49 Å². The van der Waals surface area contributed by atoms with Crippen LogP contribution in [0.1, 0.15) is 4.88 Å². The maximum absolute atomic E-state index is 4.26. The van der Waals surface area contributed by atoms with E-state index in [-0.39, 0.29) is 0 Å². The van der Waals surface area contributed by atoms with E-state index in [0.717, 1.165) is 17.2 Å². The molecule has 0 unspecified atom stereocenters. The highest BCUT2D eigenvalue weighted by Gasteiger charge is 2.05. The van der Waals surface area contributed by atoms with Gasteiger partial charge in [0.15, 0.2) is 0 Å². The van der Waals surface area contributed by atoms with E-state index in [4.69, 9.17) is 0 Å². The smallest absolute Gasteiger partial charge is 0.144 e. The van der Waals surface area contributed by atoms with E-state index in [2.05, 4.69) is 19.9 Å². The van der Waals surface area contributed by atoms with Crippen LogP contribution in [0.3, 0.4) is 0 Å². The Balaban J connectivity index is 2.23. The molecular weight excluding hydrogens is 204 g/mol. The molecule has 4 nitrogen and oxygen atoms in total. The van der Waals surface area contributed by atoms with Gasteiger partial charge in [0.2, 0.25) is 0 Å². The lowest BCUT2D eigenvalue weighted by atomic mass is 10.5. The SMILES string of the molecule is CNCc1cnc(-c2csnn2)s1. The zero-order valence-electron chi connectivity index (χ0n) is 7.02. The van der Waals surface area contributed by atoms with Gasteiger partial charge < -0.3 is 5.32 Å². The first kappa shape index (κ1) is 8.74. The molecule has 0 atom stereocenters. The summed E-state index contributed by atoms with van der Waals surface area (Å²) in [6.45, 7) is 0.856. The minimum Gasteiger partial charge on any atom is -0.315 e. The molecule has 68 valence electrons. The van der Waals surface area contributed by atoms with Crippen LogP contribution in [0.4, 0.5) is 0 Å². The standard InChI is InChI=1S/C7H8N4S2/c1-8-2-5-3-9-7(13-5)6-4-12-11-10-6/h3-4,8H,2H2,1H3. The second-order valence-electron chi connectivity index (χ2n) is 2.45. The van der Waals surface area contributed by atoms with Gasteiger partial charge in [0.1, 0.15) is 10.7 Å². The van der Waals surface area contributed by atoms with Crippen molar-refractivity contribution in [3.63, 3.8) is 0 Å². The molecule has 2 heterocycles. The maximum Gasteiger partial charge on any atom is 0.144 e. The molecule has 0 amide bonds. The molecule has 0 bridgehead atoms. The maximum atomic E-state index is 4.26. The predicted octanol–water partition coefficient (Wildman–Crippen LogP) is 1.38. The summed E-state index contributed by atoms with van der Waals surface area (Å²) >= 11 is 2.99. The Hall–Kier alpha value is -0.850. The van der Waals surface area contributed by atoms with Crippen LogP contribution >= 0.6 is 22.9 Å². The highest BCUT2D eigenvalue weighted by atomic mass is 32.1. The third kappa shape index (κ3) is 1.90. The van der Waals surface area contributed by atoms with Crippen molar-refractivity contribution in [1.82, 2.24) is 19.9 Å². The fourth-order valence-corrected chi connectivity index (χ4v) is 2.34. The molecule has 2 aromatic heterocycles. The Bertz CT molecular complexity index is 368. The first-order valence-corrected chi connectivity index (χ1v) is 5.42. The summed E-state index contributed by atoms with van der Waals surface area (Å²) in [5.74, 6) is 0. The molecular formula is C7H8N4S2. The fraction of sp³-hybridized carbons (Fsp3) is 0.286. The Morgan fingerprint density at radius 2 is 2.46 bits per heavy atom. The van der Waals surface area contributed by atoms with Gasteiger partial charge in [0, 0.05) is 23.0 Å². The lowest BCUT2D eigenvalue weighted by Crippen LogP contribution is -2.02. The zero-order chi connectivity index (χ0) is 9.10. The molecule has 0 aromatic carbocycles. The lowest BCUT2D eigenvalue weighted by Gasteiger charge is -1.89. The fourth-order valence-electron chi connectivity index (χ4n) is 0.940. The highest BCUT2D eigenvalue weighted by molar-refractivity contribution is 7.15. The topological polar surface area (TPSA) is 50.7 Å². The minimum atomic E-state index is 0.856. The summed E-state index contributed by atoms with van der Waals surface area (Å²) in [7, 11) is 1.92. The molecule has 0 fully saturated rings. The lowest BCUT2D eigenvalue weighted by molar-refractivity contribution is 0.829. The Morgan fingerprint density at radius 3 is 3.15 bits per heavy atom. The third-order valence-electron chi connectivity index (χ3n) is 1.48. The average Bonchev–Trinajstić information content (AvgIpc) is 2.70. The molecule has 0 radical (unpaired) electrons. The van der Waals surface area contributed by atoms with Crippen LogP contribution in [-0.2, 0) is 6.54 Å². The largest absolute Gasteiger partial charge is 0.315 e. The first-order chi connectivity index (χ1) is 6.40. The van der Waals surface area contributed by atoms with Crippen molar-refractivity contribution < 1.29 is 0 Å². The molecule has 0 saturated carbocycles. The van der Waals surface area contributed by atoms with Crippen LogP contribution in [0, 0.1) is 0 Å². The minimum absolute atomic E-state index is 0.856. The van der Waals surface area contributed by atoms with Gasteiger partial charge in [0.25, 0.3) is 0 Å². The van der Waals surface area contributed by atoms with Crippen molar-refractivity contribution in [1.29, 1.82) is 0 Å².